The maximum absolute atomic E-state index is 12.2. The lowest BCUT2D eigenvalue weighted by molar-refractivity contribution is -0.148. The third-order valence-corrected chi connectivity index (χ3v) is 4.41. The van der Waals surface area contributed by atoms with Gasteiger partial charge in [-0.05, 0) is 30.9 Å². The number of hydrogen-bond acceptors (Lipinski definition) is 4. The number of ether oxygens (including phenoxy) is 1. The Morgan fingerprint density at radius 2 is 1.96 bits per heavy atom. The van der Waals surface area contributed by atoms with Crippen molar-refractivity contribution >= 4 is 11.9 Å². The van der Waals surface area contributed by atoms with Crippen molar-refractivity contribution in [3.8, 4) is 11.5 Å². The van der Waals surface area contributed by atoms with Crippen LogP contribution in [0.3, 0.4) is 0 Å². The number of carboxylic acids is 1. The van der Waals surface area contributed by atoms with Crippen LogP contribution in [0.2, 0.25) is 0 Å². The Labute approximate surface area is 135 Å². The highest BCUT2D eigenvalue weighted by atomic mass is 16.5. The zero-order valence-electron chi connectivity index (χ0n) is 13.2. The fourth-order valence-corrected chi connectivity index (χ4v) is 3.07. The number of aromatic hydroxyl groups is 1. The van der Waals surface area contributed by atoms with E-state index in [0.717, 1.165) is 12.8 Å². The number of benzene rings is 1. The predicted octanol–water partition coefficient (Wildman–Crippen LogP) is 1.95. The second-order valence-corrected chi connectivity index (χ2v) is 5.87. The zero-order chi connectivity index (χ0) is 16.8. The molecule has 0 bridgehead atoms. The molecule has 0 spiro atoms. The summed E-state index contributed by atoms with van der Waals surface area (Å²) in [7, 11) is 1.53. The Bertz CT molecular complexity index is 572. The topological polar surface area (TPSA) is 95.9 Å². The average molecular weight is 321 g/mol. The van der Waals surface area contributed by atoms with Crippen LogP contribution in [0.5, 0.6) is 11.5 Å². The van der Waals surface area contributed by atoms with Crippen molar-refractivity contribution in [2.45, 2.75) is 32.1 Å². The minimum Gasteiger partial charge on any atom is -0.508 e. The summed E-state index contributed by atoms with van der Waals surface area (Å²) >= 11 is 0. The van der Waals surface area contributed by atoms with Gasteiger partial charge in [0, 0.05) is 12.6 Å². The molecule has 0 aromatic heterocycles. The lowest BCUT2D eigenvalue weighted by Gasteiger charge is -2.27. The number of hydrogen-bond donors (Lipinski definition) is 3. The molecule has 1 aliphatic rings. The predicted molar refractivity (Wildman–Crippen MR) is 84.5 cm³/mol. The Morgan fingerprint density at radius 3 is 2.57 bits per heavy atom. The normalized spacial score (nSPS) is 20.7. The van der Waals surface area contributed by atoms with Crippen molar-refractivity contribution in [3.05, 3.63) is 23.8 Å². The molecule has 1 saturated carbocycles. The molecule has 1 fully saturated rings. The molecule has 6 nitrogen and oxygen atoms in total. The Balaban J connectivity index is 1.88. The number of phenols is 1. The summed E-state index contributed by atoms with van der Waals surface area (Å²) in [6.07, 6.45) is 3.41. The van der Waals surface area contributed by atoms with E-state index in [2.05, 4.69) is 5.32 Å². The van der Waals surface area contributed by atoms with Crippen molar-refractivity contribution in [2.75, 3.05) is 13.7 Å². The minimum atomic E-state index is -0.891. The van der Waals surface area contributed by atoms with Crippen molar-refractivity contribution in [1.29, 1.82) is 0 Å². The second kappa shape index (κ2) is 7.85. The Kier molecular flexibility index (Phi) is 5.84. The van der Waals surface area contributed by atoms with Crippen LogP contribution < -0.4 is 10.1 Å². The Morgan fingerprint density at radius 1 is 1.26 bits per heavy atom. The first-order valence-electron chi connectivity index (χ1n) is 7.89. The monoisotopic (exact) mass is 321 g/mol. The van der Waals surface area contributed by atoms with Gasteiger partial charge >= 0.3 is 5.97 Å². The van der Waals surface area contributed by atoms with Crippen molar-refractivity contribution in [2.24, 2.45) is 11.8 Å². The van der Waals surface area contributed by atoms with E-state index in [0.29, 0.717) is 37.1 Å². The molecular weight excluding hydrogens is 298 g/mol. The molecular formula is C17H23NO5. The van der Waals surface area contributed by atoms with Gasteiger partial charge in [0.25, 0.3) is 0 Å². The highest BCUT2D eigenvalue weighted by Gasteiger charge is 2.35. The third kappa shape index (κ3) is 4.37. The number of amides is 1. The van der Waals surface area contributed by atoms with Gasteiger partial charge in [-0.1, -0.05) is 18.9 Å². The summed E-state index contributed by atoms with van der Waals surface area (Å²) in [5.74, 6) is -1.44. The van der Waals surface area contributed by atoms with Gasteiger partial charge < -0.3 is 20.3 Å². The molecule has 0 aliphatic heterocycles. The molecule has 3 N–H and O–H groups in total. The van der Waals surface area contributed by atoms with E-state index in [-0.39, 0.29) is 11.7 Å². The number of carbonyl (C=O) groups is 2. The van der Waals surface area contributed by atoms with Gasteiger partial charge in [-0.15, -0.1) is 0 Å². The van der Waals surface area contributed by atoms with Gasteiger partial charge in [0.1, 0.15) is 11.5 Å². The van der Waals surface area contributed by atoms with E-state index in [1.165, 1.54) is 13.2 Å². The van der Waals surface area contributed by atoms with E-state index in [4.69, 9.17) is 4.74 Å². The van der Waals surface area contributed by atoms with Crippen LogP contribution in [0, 0.1) is 11.8 Å². The first-order chi connectivity index (χ1) is 11.0. The van der Waals surface area contributed by atoms with Crippen LogP contribution in [0.15, 0.2) is 18.2 Å². The minimum absolute atomic E-state index is 0.125. The van der Waals surface area contributed by atoms with Crippen molar-refractivity contribution < 1.29 is 24.5 Å². The first-order valence-corrected chi connectivity index (χ1v) is 7.89. The molecule has 0 saturated heterocycles. The lowest BCUT2D eigenvalue weighted by Crippen LogP contribution is -2.40. The number of methoxy groups -OCH3 is 1. The number of carboxylic acid groups (broad SMARTS) is 1. The molecule has 1 aromatic carbocycles. The molecule has 1 aromatic rings. The van der Waals surface area contributed by atoms with Crippen LogP contribution >= 0.6 is 0 Å². The summed E-state index contributed by atoms with van der Waals surface area (Å²) in [6, 6.07) is 5.03. The van der Waals surface area contributed by atoms with Crippen LogP contribution in [-0.4, -0.2) is 35.7 Å². The highest BCUT2D eigenvalue weighted by molar-refractivity contribution is 5.84. The van der Waals surface area contributed by atoms with Gasteiger partial charge in [0.15, 0.2) is 0 Å². The molecule has 0 radical (unpaired) electrons. The maximum Gasteiger partial charge on any atom is 0.307 e. The SMILES string of the molecule is COc1ccc(CCNC(=O)C2CCCCC2C(=O)O)c(O)c1. The standard InChI is InChI=1S/C17H23NO5/c1-23-12-7-6-11(15(19)10-12)8-9-18-16(20)13-4-2-3-5-14(13)17(21)22/h6-7,10,13-14,19H,2-5,8-9H2,1H3,(H,18,20)(H,21,22). The molecule has 2 rings (SSSR count). The number of aliphatic carboxylic acids is 1. The highest BCUT2D eigenvalue weighted by Crippen LogP contribution is 2.30. The quantitative estimate of drug-likeness (QED) is 0.744. The maximum atomic E-state index is 12.2. The van der Waals surface area contributed by atoms with Gasteiger partial charge in [-0.25, -0.2) is 0 Å². The summed E-state index contributed by atoms with van der Waals surface area (Å²) in [5, 5.41) is 21.9. The number of phenolic OH excluding ortho intramolecular Hbond substituents is 1. The summed E-state index contributed by atoms with van der Waals surface area (Å²) < 4.78 is 5.02. The lowest BCUT2D eigenvalue weighted by atomic mass is 9.78. The third-order valence-electron chi connectivity index (χ3n) is 4.41. The molecule has 2 unspecified atom stereocenters. The first kappa shape index (κ1) is 17.1. The molecule has 2 atom stereocenters. The Hall–Kier alpha value is -2.24. The van der Waals surface area contributed by atoms with E-state index in [9.17, 15) is 19.8 Å². The average Bonchev–Trinajstić information content (AvgIpc) is 2.56. The smallest absolute Gasteiger partial charge is 0.307 e. The number of rotatable bonds is 6. The van der Waals surface area contributed by atoms with Gasteiger partial charge in [0.2, 0.25) is 5.91 Å². The molecule has 0 heterocycles. The van der Waals surface area contributed by atoms with Crippen LogP contribution in [0.1, 0.15) is 31.2 Å². The number of carbonyl (C=O) groups excluding carboxylic acids is 1. The van der Waals surface area contributed by atoms with Crippen LogP contribution in [-0.2, 0) is 16.0 Å². The molecule has 1 aliphatic carbocycles. The summed E-state index contributed by atoms with van der Waals surface area (Å²) in [5.41, 5.74) is 0.713. The summed E-state index contributed by atoms with van der Waals surface area (Å²) in [6.45, 7) is 0.363. The zero-order valence-corrected chi connectivity index (χ0v) is 13.2. The summed E-state index contributed by atoms with van der Waals surface area (Å²) in [4.78, 5) is 23.5. The number of nitrogens with one attached hydrogen (secondary N) is 1. The van der Waals surface area contributed by atoms with Crippen LogP contribution in [0.4, 0.5) is 0 Å². The molecule has 23 heavy (non-hydrogen) atoms. The van der Waals surface area contributed by atoms with Gasteiger partial charge in [0.05, 0.1) is 18.9 Å². The molecule has 1 amide bonds. The van der Waals surface area contributed by atoms with Gasteiger partial charge in [-0.3, -0.25) is 9.59 Å². The van der Waals surface area contributed by atoms with Crippen LogP contribution in [0.25, 0.3) is 0 Å². The molecule has 6 heteroatoms. The van der Waals surface area contributed by atoms with E-state index in [1.807, 2.05) is 0 Å². The fraction of sp³-hybridized carbons (Fsp3) is 0.529. The fourth-order valence-electron chi connectivity index (χ4n) is 3.07. The largest absolute Gasteiger partial charge is 0.508 e. The van der Waals surface area contributed by atoms with Crippen molar-refractivity contribution in [3.63, 3.8) is 0 Å². The second-order valence-electron chi connectivity index (χ2n) is 5.87. The van der Waals surface area contributed by atoms with E-state index in [1.54, 1.807) is 12.1 Å². The van der Waals surface area contributed by atoms with Gasteiger partial charge in [-0.2, -0.15) is 0 Å². The van der Waals surface area contributed by atoms with E-state index >= 15 is 0 Å². The molecule has 126 valence electrons. The van der Waals surface area contributed by atoms with E-state index < -0.39 is 17.8 Å². The van der Waals surface area contributed by atoms with Crippen molar-refractivity contribution in [1.82, 2.24) is 5.32 Å².